The number of hydrogen-bond acceptors (Lipinski definition) is 6. The van der Waals surface area contributed by atoms with Gasteiger partial charge in [-0.3, -0.25) is 4.79 Å². The number of nitrogens with two attached hydrogens (primary N) is 1. The molecule has 0 spiro atoms. The summed E-state index contributed by atoms with van der Waals surface area (Å²) in [6, 6.07) is 10.9. The number of aromatic amines is 1. The number of fused-ring (bicyclic) bond motifs is 1. The third-order valence-corrected chi connectivity index (χ3v) is 6.81. The summed E-state index contributed by atoms with van der Waals surface area (Å²) in [5.74, 6) is -0.446. The van der Waals surface area contributed by atoms with Crippen LogP contribution in [0.15, 0.2) is 66.5 Å². The fraction of sp³-hybridized carbons (Fsp3) is 0.227. The molecule has 0 saturated carbocycles. The van der Waals surface area contributed by atoms with E-state index in [1.807, 2.05) is 53.4 Å². The molecule has 0 radical (unpaired) electrons. The van der Waals surface area contributed by atoms with Crippen LogP contribution >= 0.6 is 11.8 Å². The summed E-state index contributed by atoms with van der Waals surface area (Å²) in [5.41, 5.74) is 8.74. The van der Waals surface area contributed by atoms with Crippen molar-refractivity contribution in [1.29, 1.82) is 0 Å². The maximum absolute atomic E-state index is 13.8. The molecule has 2 amide bonds. The number of hydrogen-bond donors (Lipinski definition) is 2. The van der Waals surface area contributed by atoms with E-state index in [1.165, 1.54) is 11.8 Å². The Balaban J connectivity index is 1.53. The number of quaternary nitrogens is 1. The lowest BCUT2D eigenvalue weighted by atomic mass is 10.1. The van der Waals surface area contributed by atoms with Gasteiger partial charge in [0, 0.05) is 31.3 Å². The Labute approximate surface area is 188 Å². The number of nitrogens with zero attached hydrogens (tertiary/aromatic N) is 5. The summed E-state index contributed by atoms with van der Waals surface area (Å²) in [6.45, 7) is 0.518. The molecule has 0 bridgehead atoms. The first-order valence-corrected chi connectivity index (χ1v) is 11.3. The van der Waals surface area contributed by atoms with E-state index >= 15 is 0 Å². The number of imidazole rings is 1. The Morgan fingerprint density at radius 1 is 1.19 bits per heavy atom. The summed E-state index contributed by atoms with van der Waals surface area (Å²) in [4.78, 5) is 42.1. The molecule has 1 saturated heterocycles. The van der Waals surface area contributed by atoms with Crippen molar-refractivity contribution in [2.75, 3.05) is 12.3 Å². The molecule has 0 aliphatic carbocycles. The quantitative estimate of drug-likeness (QED) is 0.266. The van der Waals surface area contributed by atoms with E-state index in [-0.39, 0.29) is 16.1 Å². The molecule has 3 N–H and O–H groups in total. The number of primary amides is 1. The molecule has 4 heterocycles. The number of H-pyrrole nitrogens is 1. The molecule has 1 fully saturated rings. The molecule has 10 heteroatoms. The van der Waals surface area contributed by atoms with Gasteiger partial charge in [-0.25, -0.2) is 24.2 Å². The van der Waals surface area contributed by atoms with Gasteiger partial charge >= 0.3 is 5.91 Å². The number of para-hydroxylation sites is 2. The second kappa shape index (κ2) is 8.21. The highest BCUT2D eigenvalue weighted by molar-refractivity contribution is 7.99. The molecule has 1 aliphatic heterocycles. The van der Waals surface area contributed by atoms with Gasteiger partial charge in [-0.2, -0.15) is 0 Å². The lowest BCUT2D eigenvalue weighted by Crippen LogP contribution is -2.62. The van der Waals surface area contributed by atoms with Gasteiger partial charge in [-0.15, -0.1) is 0 Å². The fourth-order valence-electron chi connectivity index (χ4n) is 4.54. The number of benzene rings is 1. The summed E-state index contributed by atoms with van der Waals surface area (Å²) in [5, 5.41) is 0.463. The van der Waals surface area contributed by atoms with Crippen molar-refractivity contribution in [3.05, 3.63) is 61.3 Å². The largest absolute Gasteiger partial charge is 0.364 e. The third kappa shape index (κ3) is 3.37. The number of nitrogens with one attached hydrogen (secondary N) is 1. The number of carbonyl (C=O) groups excluding carboxylic acids is 2. The Morgan fingerprint density at radius 3 is 2.81 bits per heavy atom. The minimum Gasteiger partial charge on any atom is -0.364 e. The number of rotatable bonds is 6. The summed E-state index contributed by atoms with van der Waals surface area (Å²) < 4.78 is 1.86. The van der Waals surface area contributed by atoms with Crippen molar-refractivity contribution in [1.82, 2.24) is 29.0 Å². The van der Waals surface area contributed by atoms with Crippen molar-refractivity contribution < 1.29 is 9.59 Å². The van der Waals surface area contributed by atoms with E-state index in [2.05, 4.69) is 19.9 Å². The lowest BCUT2D eigenvalue weighted by Gasteiger charge is -2.36. The molecule has 1 aliphatic rings. The van der Waals surface area contributed by atoms with Crippen LogP contribution in [0.5, 0.6) is 0 Å². The molecule has 1 aromatic carbocycles. The van der Waals surface area contributed by atoms with Crippen LogP contribution < -0.4 is 10.2 Å². The zero-order valence-corrected chi connectivity index (χ0v) is 18.0. The van der Waals surface area contributed by atoms with E-state index in [4.69, 9.17) is 5.73 Å². The molecule has 2 atom stereocenters. The first-order valence-electron chi connectivity index (χ1n) is 10.3. The van der Waals surface area contributed by atoms with Gasteiger partial charge in [-0.1, -0.05) is 23.9 Å². The van der Waals surface area contributed by atoms with Crippen LogP contribution in [0.2, 0.25) is 0 Å². The van der Waals surface area contributed by atoms with Gasteiger partial charge in [0.25, 0.3) is 5.91 Å². The molecular formula is C22H22N7O2S+. The van der Waals surface area contributed by atoms with Crippen LogP contribution in [-0.2, 0) is 9.59 Å². The van der Waals surface area contributed by atoms with E-state index in [0.717, 1.165) is 23.3 Å². The monoisotopic (exact) mass is 448 g/mol. The van der Waals surface area contributed by atoms with Gasteiger partial charge in [-0.05, 0) is 18.2 Å². The molecule has 162 valence electrons. The smallest absolute Gasteiger partial charge is 0.329 e. The van der Waals surface area contributed by atoms with E-state index < -0.39 is 11.9 Å². The lowest BCUT2D eigenvalue weighted by molar-refractivity contribution is -0.134. The van der Waals surface area contributed by atoms with Crippen molar-refractivity contribution >= 4 is 40.4 Å². The molecule has 1 unspecified atom stereocenters. The van der Waals surface area contributed by atoms with Crippen LogP contribution in [0.25, 0.3) is 16.9 Å². The Morgan fingerprint density at radius 2 is 2.00 bits per heavy atom. The first kappa shape index (κ1) is 20.4. The first-order chi connectivity index (χ1) is 15.6. The van der Waals surface area contributed by atoms with Gasteiger partial charge < -0.3 is 15.3 Å². The van der Waals surface area contributed by atoms with Gasteiger partial charge in [0.05, 0.1) is 19.1 Å². The van der Waals surface area contributed by atoms with Crippen LogP contribution in [0.4, 0.5) is 5.69 Å². The number of carbonyl (C=O) groups is 2. The minimum atomic E-state index is -0.616. The zero-order valence-electron chi connectivity index (χ0n) is 17.2. The molecular weight excluding hydrogens is 426 g/mol. The van der Waals surface area contributed by atoms with Crippen LogP contribution in [0.3, 0.4) is 0 Å². The molecule has 4 aromatic rings. The number of likely N-dealkylation sites (tertiary alicyclic amines) is 1. The molecule has 9 nitrogen and oxygen atoms in total. The predicted octanol–water partition coefficient (Wildman–Crippen LogP) is 2.42. The standard InChI is InChI=1S/C22H21N7O2S/c23-20(31)18-8-5-11-29(18,17-7-2-1-6-16(17)28-9-3-4-10-28)19(30)13-32-22-24-12-15-21(27-22)26-14-25-15/h1-4,6-7,9-10,12,14,18H,5,8,11,13H2,(H2-,23,24,25,26,27,31)/p+1/t18-,29?/m0/s1. The van der Waals surface area contributed by atoms with Gasteiger partial charge in [0.1, 0.15) is 17.0 Å². The number of amides is 2. The Bertz CT molecular complexity index is 1290. The fourth-order valence-corrected chi connectivity index (χ4v) is 5.30. The summed E-state index contributed by atoms with van der Waals surface area (Å²) in [6.07, 6.45) is 8.36. The average Bonchev–Trinajstić information content (AvgIpc) is 3.57. The van der Waals surface area contributed by atoms with Gasteiger partial charge in [0.2, 0.25) is 0 Å². The highest BCUT2D eigenvalue weighted by Crippen LogP contribution is 2.40. The Kier molecular flexibility index (Phi) is 5.24. The van der Waals surface area contributed by atoms with Crippen molar-refractivity contribution in [3.8, 4) is 5.69 Å². The molecule has 5 rings (SSSR count). The van der Waals surface area contributed by atoms with E-state index in [9.17, 15) is 9.59 Å². The summed E-state index contributed by atoms with van der Waals surface area (Å²) >= 11 is 1.24. The van der Waals surface area contributed by atoms with Crippen molar-refractivity contribution in [3.63, 3.8) is 0 Å². The van der Waals surface area contributed by atoms with Gasteiger partial charge in [0.15, 0.2) is 22.5 Å². The SMILES string of the molecule is NC(=O)[C@@H]1CCC[N+]1(C(=O)CSc1ncc2[nH]cnc2n1)c1ccccc1-n1cccc1. The second-order valence-corrected chi connectivity index (χ2v) is 8.65. The van der Waals surface area contributed by atoms with Crippen LogP contribution in [0, 0.1) is 0 Å². The minimum absolute atomic E-state index is 0.0957. The maximum atomic E-state index is 13.8. The Hall–Kier alpha value is -3.50. The predicted molar refractivity (Wildman–Crippen MR) is 122 cm³/mol. The molecule has 3 aromatic heterocycles. The average molecular weight is 449 g/mol. The highest BCUT2D eigenvalue weighted by Gasteiger charge is 2.53. The second-order valence-electron chi connectivity index (χ2n) is 7.71. The highest BCUT2D eigenvalue weighted by atomic mass is 32.2. The maximum Gasteiger partial charge on any atom is 0.329 e. The number of aromatic nitrogens is 5. The third-order valence-electron chi connectivity index (χ3n) is 5.97. The number of thioether (sulfide) groups is 1. The normalized spacial score (nSPS) is 20.6. The van der Waals surface area contributed by atoms with Crippen molar-refractivity contribution in [2.24, 2.45) is 5.73 Å². The van der Waals surface area contributed by atoms with E-state index in [0.29, 0.717) is 23.8 Å². The molecule has 32 heavy (non-hydrogen) atoms. The van der Waals surface area contributed by atoms with Crippen LogP contribution in [-0.4, -0.2) is 54.7 Å². The zero-order chi connectivity index (χ0) is 22.1. The topological polar surface area (TPSA) is 120 Å². The van der Waals surface area contributed by atoms with Crippen LogP contribution in [0.1, 0.15) is 12.8 Å². The summed E-state index contributed by atoms with van der Waals surface area (Å²) in [7, 11) is 0. The van der Waals surface area contributed by atoms with Crippen molar-refractivity contribution in [2.45, 2.75) is 24.0 Å². The van der Waals surface area contributed by atoms with E-state index in [1.54, 1.807) is 12.5 Å².